The van der Waals surface area contributed by atoms with E-state index in [1.54, 1.807) is 7.11 Å². The van der Waals surface area contributed by atoms with Crippen molar-refractivity contribution in [1.29, 1.82) is 0 Å². The number of benzene rings is 1. The topological polar surface area (TPSA) is 60.6 Å². The number of hydrogen-bond acceptors (Lipinski definition) is 6. The van der Waals surface area contributed by atoms with E-state index in [4.69, 9.17) is 14.0 Å². The lowest BCUT2D eigenvalue weighted by molar-refractivity contribution is -0.0475. The van der Waals surface area contributed by atoms with Crippen LogP contribution in [0.4, 0.5) is 0 Å². The maximum Gasteiger partial charge on any atom is 0.257 e. The van der Waals surface area contributed by atoms with Crippen LogP contribution >= 0.6 is 0 Å². The van der Waals surface area contributed by atoms with Gasteiger partial charge in [0.15, 0.2) is 5.82 Å². The monoisotopic (exact) mass is 289 g/mol. The zero-order valence-electron chi connectivity index (χ0n) is 12.1. The maximum absolute atomic E-state index is 5.74. The normalized spacial score (nSPS) is 19.8. The van der Waals surface area contributed by atoms with E-state index in [9.17, 15) is 0 Å². The number of nitrogens with zero attached hydrogens (tertiary/aromatic N) is 3. The third-order valence-corrected chi connectivity index (χ3v) is 3.43. The van der Waals surface area contributed by atoms with E-state index in [0.717, 1.165) is 19.6 Å². The Morgan fingerprint density at radius 1 is 1.33 bits per heavy atom. The summed E-state index contributed by atoms with van der Waals surface area (Å²) in [7, 11) is 1.61. The minimum Gasteiger partial charge on any atom is -0.377 e. The molecule has 112 valence electrons. The van der Waals surface area contributed by atoms with E-state index in [1.165, 1.54) is 5.56 Å². The summed E-state index contributed by atoms with van der Waals surface area (Å²) in [4.78, 5) is 6.65. The van der Waals surface area contributed by atoms with Crippen molar-refractivity contribution in [2.24, 2.45) is 0 Å². The summed E-state index contributed by atoms with van der Waals surface area (Å²) in [6.45, 7) is 3.58. The molecule has 0 N–H and O–H groups in total. The molecule has 0 saturated carbocycles. The molecule has 2 heterocycles. The highest BCUT2D eigenvalue weighted by Gasteiger charge is 2.26. The largest absolute Gasteiger partial charge is 0.377 e. The Morgan fingerprint density at radius 2 is 2.19 bits per heavy atom. The molecule has 0 amide bonds. The SMILES string of the molecule is COCc1noc(C2CN(Cc3ccccc3)CCO2)n1. The Balaban J connectivity index is 1.62. The molecule has 0 radical (unpaired) electrons. The van der Waals surface area contributed by atoms with E-state index < -0.39 is 0 Å². The molecule has 1 fully saturated rings. The van der Waals surface area contributed by atoms with Gasteiger partial charge >= 0.3 is 0 Å². The fourth-order valence-corrected chi connectivity index (χ4v) is 2.42. The van der Waals surface area contributed by atoms with E-state index in [-0.39, 0.29) is 6.10 Å². The predicted molar refractivity (Wildman–Crippen MR) is 75.4 cm³/mol. The fourth-order valence-electron chi connectivity index (χ4n) is 2.42. The van der Waals surface area contributed by atoms with Gasteiger partial charge in [-0.1, -0.05) is 35.5 Å². The lowest BCUT2D eigenvalue weighted by Crippen LogP contribution is -2.37. The molecule has 1 aromatic carbocycles. The van der Waals surface area contributed by atoms with Gasteiger partial charge in [0.1, 0.15) is 12.7 Å². The minimum absolute atomic E-state index is 0.166. The van der Waals surface area contributed by atoms with E-state index in [1.807, 2.05) is 6.07 Å². The highest BCUT2D eigenvalue weighted by atomic mass is 16.5. The van der Waals surface area contributed by atoms with Crippen LogP contribution in [0.15, 0.2) is 34.9 Å². The molecule has 1 saturated heterocycles. The number of methoxy groups -OCH3 is 1. The first-order valence-electron chi connectivity index (χ1n) is 7.04. The second kappa shape index (κ2) is 6.80. The van der Waals surface area contributed by atoms with Crippen molar-refractivity contribution in [2.45, 2.75) is 19.3 Å². The van der Waals surface area contributed by atoms with Crippen molar-refractivity contribution in [1.82, 2.24) is 15.0 Å². The van der Waals surface area contributed by atoms with Gasteiger partial charge in [-0.25, -0.2) is 0 Å². The van der Waals surface area contributed by atoms with Gasteiger partial charge in [0.05, 0.1) is 6.61 Å². The van der Waals surface area contributed by atoms with Crippen molar-refractivity contribution in [3.8, 4) is 0 Å². The number of morpholine rings is 1. The van der Waals surface area contributed by atoms with Crippen molar-refractivity contribution in [2.75, 3.05) is 26.8 Å². The molecule has 1 aromatic heterocycles. The number of rotatable bonds is 5. The molecule has 3 rings (SSSR count). The molecule has 0 spiro atoms. The van der Waals surface area contributed by atoms with Crippen LogP contribution in [-0.2, 0) is 22.6 Å². The zero-order valence-corrected chi connectivity index (χ0v) is 12.1. The zero-order chi connectivity index (χ0) is 14.5. The summed E-state index contributed by atoms with van der Waals surface area (Å²) in [6.07, 6.45) is -0.166. The summed E-state index contributed by atoms with van der Waals surface area (Å²) in [5, 5.41) is 3.88. The first-order valence-corrected chi connectivity index (χ1v) is 7.04. The molecule has 21 heavy (non-hydrogen) atoms. The Hall–Kier alpha value is -1.76. The molecular weight excluding hydrogens is 270 g/mol. The molecular formula is C15H19N3O3. The van der Waals surface area contributed by atoms with Crippen molar-refractivity contribution >= 4 is 0 Å². The van der Waals surface area contributed by atoms with Crippen LogP contribution < -0.4 is 0 Å². The summed E-state index contributed by atoms with van der Waals surface area (Å²) in [5.41, 5.74) is 1.30. The lowest BCUT2D eigenvalue weighted by Gasteiger charge is -2.31. The molecule has 6 nitrogen and oxygen atoms in total. The van der Waals surface area contributed by atoms with Crippen LogP contribution in [0, 0.1) is 0 Å². The first-order chi connectivity index (χ1) is 10.3. The molecule has 0 aliphatic carbocycles. The second-order valence-corrected chi connectivity index (χ2v) is 5.06. The van der Waals surface area contributed by atoms with Crippen LogP contribution in [-0.4, -0.2) is 41.8 Å². The fraction of sp³-hybridized carbons (Fsp3) is 0.467. The van der Waals surface area contributed by atoms with Gasteiger partial charge in [-0.3, -0.25) is 4.90 Å². The molecule has 1 atom stereocenters. The molecule has 1 aliphatic rings. The van der Waals surface area contributed by atoms with Crippen LogP contribution in [0.1, 0.15) is 23.4 Å². The van der Waals surface area contributed by atoms with Crippen LogP contribution in [0.2, 0.25) is 0 Å². The smallest absolute Gasteiger partial charge is 0.257 e. The molecule has 6 heteroatoms. The van der Waals surface area contributed by atoms with Crippen molar-refractivity contribution in [3.05, 3.63) is 47.6 Å². The summed E-state index contributed by atoms with van der Waals surface area (Å²) in [6, 6.07) is 10.4. The van der Waals surface area contributed by atoms with E-state index >= 15 is 0 Å². The Kier molecular flexibility index (Phi) is 4.59. The quantitative estimate of drug-likeness (QED) is 0.836. The molecule has 1 unspecified atom stereocenters. The van der Waals surface area contributed by atoms with Gasteiger partial charge in [-0.2, -0.15) is 4.98 Å². The van der Waals surface area contributed by atoms with Crippen molar-refractivity contribution < 1.29 is 14.0 Å². The predicted octanol–water partition coefficient (Wildman–Crippen LogP) is 1.79. The number of ether oxygens (including phenoxy) is 2. The van der Waals surface area contributed by atoms with Gasteiger partial charge in [0.2, 0.25) is 0 Å². The average molecular weight is 289 g/mol. The van der Waals surface area contributed by atoms with E-state index in [2.05, 4.69) is 39.3 Å². The Morgan fingerprint density at radius 3 is 3.00 bits per heavy atom. The third kappa shape index (κ3) is 3.66. The van der Waals surface area contributed by atoms with Crippen LogP contribution in [0.25, 0.3) is 0 Å². The number of hydrogen-bond donors (Lipinski definition) is 0. The minimum atomic E-state index is -0.166. The molecule has 0 bridgehead atoms. The maximum atomic E-state index is 5.74. The standard InChI is InChI=1S/C15H19N3O3/c1-19-11-14-16-15(21-17-14)13-10-18(7-8-20-13)9-12-5-3-2-4-6-12/h2-6,13H,7-11H2,1H3. The molecule has 1 aliphatic heterocycles. The lowest BCUT2D eigenvalue weighted by atomic mass is 10.2. The summed E-state index contributed by atoms with van der Waals surface area (Å²) >= 11 is 0. The van der Waals surface area contributed by atoms with Gasteiger partial charge in [0, 0.05) is 26.7 Å². The highest BCUT2D eigenvalue weighted by Crippen LogP contribution is 2.22. The van der Waals surface area contributed by atoms with E-state index in [0.29, 0.717) is 24.9 Å². The summed E-state index contributed by atoms with van der Waals surface area (Å²) in [5.74, 6) is 1.08. The molecule has 2 aromatic rings. The van der Waals surface area contributed by atoms with Crippen LogP contribution in [0.3, 0.4) is 0 Å². The van der Waals surface area contributed by atoms with Gasteiger partial charge in [-0.15, -0.1) is 0 Å². The van der Waals surface area contributed by atoms with Crippen LogP contribution in [0.5, 0.6) is 0 Å². The summed E-state index contributed by atoms with van der Waals surface area (Å²) < 4.78 is 16.0. The highest BCUT2D eigenvalue weighted by molar-refractivity contribution is 5.14. The van der Waals surface area contributed by atoms with Gasteiger partial charge < -0.3 is 14.0 Å². The first kappa shape index (κ1) is 14.2. The van der Waals surface area contributed by atoms with Crippen molar-refractivity contribution in [3.63, 3.8) is 0 Å². The average Bonchev–Trinajstić information content (AvgIpc) is 2.98. The Labute approximate surface area is 123 Å². The van der Waals surface area contributed by atoms with Gasteiger partial charge in [0.25, 0.3) is 5.89 Å². The van der Waals surface area contributed by atoms with Gasteiger partial charge in [-0.05, 0) is 5.56 Å². The Bertz CT molecular complexity index is 558. The second-order valence-electron chi connectivity index (χ2n) is 5.06. The third-order valence-electron chi connectivity index (χ3n) is 3.43. The number of aromatic nitrogens is 2.